The molecule has 0 saturated heterocycles. The fourth-order valence-electron chi connectivity index (χ4n) is 3.14. The highest BCUT2D eigenvalue weighted by molar-refractivity contribution is 7.11. The van der Waals surface area contributed by atoms with Gasteiger partial charge in [0.2, 0.25) is 0 Å². The number of methoxy groups -OCH3 is 1. The summed E-state index contributed by atoms with van der Waals surface area (Å²) in [5.41, 5.74) is 3.43. The lowest BCUT2D eigenvalue weighted by molar-refractivity contribution is -0.121. The summed E-state index contributed by atoms with van der Waals surface area (Å²) in [5.74, 6) is 0.773. The van der Waals surface area contributed by atoms with Crippen molar-refractivity contribution in [2.75, 3.05) is 14.2 Å². The summed E-state index contributed by atoms with van der Waals surface area (Å²) in [6.07, 6.45) is 9.01. The second-order valence-corrected chi connectivity index (χ2v) is 7.19. The van der Waals surface area contributed by atoms with Crippen molar-refractivity contribution >= 4 is 34.1 Å². The highest BCUT2D eigenvalue weighted by Crippen LogP contribution is 2.37. The van der Waals surface area contributed by atoms with E-state index in [0.717, 1.165) is 27.6 Å². The lowest BCUT2D eigenvalue weighted by Gasteiger charge is -2.31. The summed E-state index contributed by atoms with van der Waals surface area (Å²) in [4.78, 5) is 21.9. The maximum atomic E-state index is 13.4. The molecule has 0 fully saturated rings. The third-order valence-electron chi connectivity index (χ3n) is 4.63. The molecule has 1 unspecified atom stereocenters. The number of allylic oxidation sites excluding steroid dienone is 2. The molecule has 0 radical (unpaired) electrons. The van der Waals surface area contributed by atoms with E-state index in [2.05, 4.69) is 9.97 Å². The number of likely N-dealkylation sites (N-methyl/N-ethyl adjacent to an activating group) is 1. The molecule has 3 heterocycles. The van der Waals surface area contributed by atoms with Crippen LogP contribution < -0.4 is 9.22 Å². The Morgan fingerprint density at radius 3 is 2.41 bits per heavy atom. The Labute approximate surface area is 161 Å². The number of ether oxygens (including phenoxy) is 1. The molecule has 1 atom stereocenters. The maximum absolute atomic E-state index is 13.4. The number of rotatable bonds is 4. The van der Waals surface area contributed by atoms with E-state index in [9.17, 15) is 4.79 Å². The second kappa shape index (κ2) is 6.90. The van der Waals surface area contributed by atoms with Crippen LogP contribution in [0.3, 0.4) is 0 Å². The number of nitrogens with zero attached hydrogens (tertiary/aromatic N) is 3. The van der Waals surface area contributed by atoms with E-state index >= 15 is 0 Å². The minimum Gasteiger partial charge on any atom is -0.497 e. The zero-order valence-electron chi connectivity index (χ0n) is 15.0. The van der Waals surface area contributed by atoms with Gasteiger partial charge in [0.1, 0.15) is 28.2 Å². The van der Waals surface area contributed by atoms with Gasteiger partial charge in [0, 0.05) is 41.7 Å². The topological polar surface area (TPSA) is 52.1 Å². The number of quaternary nitrogens is 1. The molecule has 0 aliphatic carbocycles. The third kappa shape index (κ3) is 3.09. The zero-order valence-corrected chi connectivity index (χ0v) is 15.8. The molecule has 5 nitrogen and oxygen atoms in total. The van der Waals surface area contributed by atoms with Gasteiger partial charge in [0.25, 0.3) is 0 Å². The smallest absolute Gasteiger partial charge is 0.358 e. The van der Waals surface area contributed by atoms with Crippen LogP contribution in [0.1, 0.15) is 10.6 Å². The lowest BCUT2D eigenvalue weighted by Crippen LogP contribution is -2.47. The van der Waals surface area contributed by atoms with E-state index in [1.165, 1.54) is 11.3 Å². The van der Waals surface area contributed by atoms with Crippen LogP contribution in [0.5, 0.6) is 5.75 Å². The molecule has 6 heteroatoms. The summed E-state index contributed by atoms with van der Waals surface area (Å²) < 4.78 is 5.28. The van der Waals surface area contributed by atoms with Gasteiger partial charge in [-0.1, -0.05) is 12.1 Å². The standard InChI is InChI=1S/C21H18N3O2S/c1-24(17-7-9-22-10-8-17)14-16(15-3-5-18(26-2)6-4-15)13-19(21(24)25)20-23-11-12-27-20/h3-14H,1-2H3/q+1. The molecule has 4 rings (SSSR count). The number of thiazole rings is 1. The first kappa shape index (κ1) is 17.3. The molecule has 0 N–H and O–H groups in total. The van der Waals surface area contributed by atoms with Crippen LogP contribution in [-0.2, 0) is 4.79 Å². The van der Waals surface area contributed by atoms with Gasteiger partial charge in [-0.3, -0.25) is 4.98 Å². The first-order valence-corrected chi connectivity index (χ1v) is 9.30. The summed E-state index contributed by atoms with van der Waals surface area (Å²) in [7, 11) is 3.53. The first-order chi connectivity index (χ1) is 13.1. The molecular weight excluding hydrogens is 358 g/mol. The SMILES string of the molecule is COc1ccc(C2=C[N+](C)(c3ccncc3)C(=O)C(c3nccs3)=C2)cc1. The van der Waals surface area contributed by atoms with Crippen LogP contribution in [-0.4, -0.2) is 30.0 Å². The minimum atomic E-state index is -0.0200. The van der Waals surface area contributed by atoms with Crippen LogP contribution in [0.4, 0.5) is 5.69 Å². The van der Waals surface area contributed by atoms with Crippen LogP contribution in [0.2, 0.25) is 0 Å². The van der Waals surface area contributed by atoms with Crippen molar-refractivity contribution in [1.82, 2.24) is 14.5 Å². The van der Waals surface area contributed by atoms with Gasteiger partial charge in [0.05, 0.1) is 14.2 Å². The maximum Gasteiger partial charge on any atom is 0.358 e. The Morgan fingerprint density at radius 2 is 1.78 bits per heavy atom. The minimum absolute atomic E-state index is 0.0200. The molecule has 134 valence electrons. The molecule has 0 bridgehead atoms. The fraction of sp³-hybridized carbons (Fsp3) is 0.0952. The van der Waals surface area contributed by atoms with Gasteiger partial charge in [-0.2, -0.15) is 4.48 Å². The van der Waals surface area contributed by atoms with E-state index in [4.69, 9.17) is 4.74 Å². The van der Waals surface area contributed by atoms with Crippen molar-refractivity contribution in [3.63, 3.8) is 0 Å². The average molecular weight is 376 g/mol. The van der Waals surface area contributed by atoms with Crippen molar-refractivity contribution in [3.8, 4) is 5.75 Å². The zero-order chi connectivity index (χ0) is 18.9. The average Bonchev–Trinajstić information content (AvgIpc) is 3.25. The molecule has 1 amide bonds. The Bertz CT molecular complexity index is 1030. The van der Waals surface area contributed by atoms with Gasteiger partial charge in [-0.15, -0.1) is 11.3 Å². The number of hydrogen-bond donors (Lipinski definition) is 0. The molecule has 27 heavy (non-hydrogen) atoms. The third-order valence-corrected chi connectivity index (χ3v) is 5.44. The quantitative estimate of drug-likeness (QED) is 0.642. The summed E-state index contributed by atoms with van der Waals surface area (Å²) in [6.45, 7) is 0. The monoisotopic (exact) mass is 376 g/mol. The van der Waals surface area contributed by atoms with Gasteiger partial charge in [0.15, 0.2) is 0 Å². The molecule has 1 aromatic carbocycles. The molecule has 2 aromatic heterocycles. The van der Waals surface area contributed by atoms with Crippen molar-refractivity contribution in [2.45, 2.75) is 0 Å². The number of hydrogen-bond acceptors (Lipinski definition) is 5. The van der Waals surface area contributed by atoms with Crippen molar-refractivity contribution in [1.29, 1.82) is 0 Å². The Balaban J connectivity index is 1.88. The Morgan fingerprint density at radius 1 is 1.04 bits per heavy atom. The number of amides is 1. The summed E-state index contributed by atoms with van der Waals surface area (Å²) >= 11 is 1.46. The van der Waals surface area contributed by atoms with Gasteiger partial charge >= 0.3 is 5.91 Å². The van der Waals surface area contributed by atoms with Crippen molar-refractivity contribution in [3.05, 3.63) is 83.2 Å². The van der Waals surface area contributed by atoms with Crippen LogP contribution >= 0.6 is 11.3 Å². The fourth-order valence-corrected chi connectivity index (χ4v) is 3.78. The van der Waals surface area contributed by atoms with E-state index < -0.39 is 0 Å². The van der Waals surface area contributed by atoms with Crippen LogP contribution in [0.25, 0.3) is 11.1 Å². The first-order valence-electron chi connectivity index (χ1n) is 8.42. The van der Waals surface area contributed by atoms with Crippen LogP contribution in [0.15, 0.2) is 72.6 Å². The Hall–Kier alpha value is -3.09. The van der Waals surface area contributed by atoms with E-state index in [-0.39, 0.29) is 10.4 Å². The molecule has 0 spiro atoms. The van der Waals surface area contributed by atoms with Gasteiger partial charge < -0.3 is 4.74 Å². The highest BCUT2D eigenvalue weighted by Gasteiger charge is 2.40. The molecule has 1 aliphatic heterocycles. The largest absolute Gasteiger partial charge is 0.497 e. The second-order valence-electron chi connectivity index (χ2n) is 6.29. The predicted molar refractivity (Wildman–Crippen MR) is 108 cm³/mol. The number of aromatic nitrogens is 2. The highest BCUT2D eigenvalue weighted by atomic mass is 32.1. The number of pyridine rings is 1. The normalized spacial score (nSPS) is 19.4. The van der Waals surface area contributed by atoms with Crippen molar-refractivity contribution in [2.24, 2.45) is 0 Å². The molecule has 0 saturated carbocycles. The van der Waals surface area contributed by atoms with E-state index in [1.807, 2.05) is 61.1 Å². The number of carbonyl (C=O) groups is 1. The number of carbonyl (C=O) groups excluding carboxylic acids is 1. The van der Waals surface area contributed by atoms with E-state index in [0.29, 0.717) is 5.57 Å². The summed E-state index contributed by atoms with van der Waals surface area (Å²) in [6, 6.07) is 11.6. The van der Waals surface area contributed by atoms with Crippen LogP contribution in [0, 0.1) is 0 Å². The Kier molecular flexibility index (Phi) is 4.43. The lowest BCUT2D eigenvalue weighted by atomic mass is 9.98. The van der Waals surface area contributed by atoms with E-state index in [1.54, 1.807) is 25.7 Å². The van der Waals surface area contributed by atoms with Crippen molar-refractivity contribution < 1.29 is 9.53 Å². The molecule has 1 aliphatic rings. The van der Waals surface area contributed by atoms with Gasteiger partial charge in [-0.25, -0.2) is 9.78 Å². The number of benzene rings is 1. The summed E-state index contributed by atoms with van der Waals surface area (Å²) in [5, 5.41) is 2.60. The molecular formula is C21H18N3O2S+. The van der Waals surface area contributed by atoms with Gasteiger partial charge in [-0.05, 0) is 23.8 Å². The molecule has 3 aromatic rings. The predicted octanol–water partition coefficient (Wildman–Crippen LogP) is 4.15.